The molecular weight excluding hydrogens is 356 g/mol. The van der Waals surface area contributed by atoms with Gasteiger partial charge in [0, 0.05) is 12.2 Å². The topological polar surface area (TPSA) is 93.2 Å². The molecule has 0 fully saturated rings. The summed E-state index contributed by atoms with van der Waals surface area (Å²) in [6.07, 6.45) is 0. The number of carbonyl (C=O) groups excluding carboxylic acids is 2. The number of aryl methyl sites for hydroxylation is 1. The fourth-order valence-corrected chi connectivity index (χ4v) is 2.45. The Morgan fingerprint density at radius 1 is 0.929 bits per heavy atom. The molecule has 0 aliphatic rings. The van der Waals surface area contributed by atoms with Crippen molar-refractivity contribution in [2.45, 2.75) is 13.5 Å². The highest BCUT2D eigenvalue weighted by atomic mass is 16.5. The number of aromatic nitrogens is 2. The maximum atomic E-state index is 12.3. The summed E-state index contributed by atoms with van der Waals surface area (Å²) in [4.78, 5) is 23.7. The highest BCUT2D eigenvalue weighted by Gasteiger charge is 2.10. The largest absolute Gasteiger partial charge is 0.465 e. The zero-order valence-corrected chi connectivity index (χ0v) is 15.6. The molecule has 0 spiro atoms. The number of methoxy groups -OCH3 is 1. The van der Waals surface area contributed by atoms with Gasteiger partial charge in [-0.1, -0.05) is 29.8 Å². The molecule has 1 heterocycles. The lowest BCUT2D eigenvalue weighted by atomic mass is 10.1. The number of hydrogen-bond acceptors (Lipinski definition) is 6. The van der Waals surface area contributed by atoms with Crippen molar-refractivity contribution < 1.29 is 14.3 Å². The van der Waals surface area contributed by atoms with Gasteiger partial charge < -0.3 is 15.4 Å². The van der Waals surface area contributed by atoms with Crippen LogP contribution in [0, 0.1) is 6.92 Å². The number of anilines is 2. The van der Waals surface area contributed by atoms with E-state index in [0.717, 1.165) is 5.56 Å². The van der Waals surface area contributed by atoms with Crippen LogP contribution in [0.15, 0.2) is 60.7 Å². The standard InChI is InChI=1S/C21H20N4O3/c1-14-3-5-15(6-4-14)13-22-19-12-11-18(24-25-19)20(26)23-17-9-7-16(8-10-17)21(27)28-2/h3-12H,13H2,1-2H3,(H,22,25)(H,23,26). The van der Waals surface area contributed by atoms with Crippen LogP contribution >= 0.6 is 0 Å². The first-order valence-electron chi connectivity index (χ1n) is 8.68. The van der Waals surface area contributed by atoms with Crippen molar-refractivity contribution in [2.75, 3.05) is 17.7 Å². The van der Waals surface area contributed by atoms with Crippen molar-refractivity contribution in [3.05, 3.63) is 83.0 Å². The molecule has 142 valence electrons. The Balaban J connectivity index is 1.57. The van der Waals surface area contributed by atoms with Crippen LogP contribution < -0.4 is 10.6 Å². The Bertz CT molecular complexity index is 952. The summed E-state index contributed by atoms with van der Waals surface area (Å²) < 4.78 is 4.64. The van der Waals surface area contributed by atoms with E-state index in [1.165, 1.54) is 12.7 Å². The first kappa shape index (κ1) is 19.0. The fraction of sp³-hybridized carbons (Fsp3) is 0.143. The third kappa shape index (κ3) is 4.91. The summed E-state index contributed by atoms with van der Waals surface area (Å²) >= 11 is 0. The SMILES string of the molecule is COC(=O)c1ccc(NC(=O)c2ccc(NCc3ccc(C)cc3)nn2)cc1. The van der Waals surface area contributed by atoms with E-state index in [0.29, 0.717) is 23.6 Å². The van der Waals surface area contributed by atoms with Gasteiger partial charge in [0.25, 0.3) is 5.91 Å². The van der Waals surface area contributed by atoms with Crippen molar-refractivity contribution in [2.24, 2.45) is 0 Å². The molecule has 0 saturated heterocycles. The Morgan fingerprint density at radius 3 is 2.25 bits per heavy atom. The first-order chi connectivity index (χ1) is 13.5. The van der Waals surface area contributed by atoms with Gasteiger partial charge in [-0.05, 0) is 48.9 Å². The minimum Gasteiger partial charge on any atom is -0.465 e. The van der Waals surface area contributed by atoms with E-state index in [1.807, 2.05) is 31.2 Å². The number of rotatable bonds is 6. The third-order valence-electron chi connectivity index (χ3n) is 4.06. The molecular formula is C21H20N4O3. The molecule has 1 aromatic heterocycles. The number of nitrogens with zero attached hydrogens (tertiary/aromatic N) is 2. The van der Waals surface area contributed by atoms with Crippen molar-refractivity contribution in [1.82, 2.24) is 10.2 Å². The number of benzene rings is 2. The summed E-state index contributed by atoms with van der Waals surface area (Å²) in [6, 6.07) is 17.9. The smallest absolute Gasteiger partial charge is 0.337 e. The average Bonchev–Trinajstić information content (AvgIpc) is 2.73. The van der Waals surface area contributed by atoms with Crippen LogP contribution in [0.1, 0.15) is 32.0 Å². The molecule has 0 saturated carbocycles. The van der Waals surface area contributed by atoms with Gasteiger partial charge in [0.05, 0.1) is 12.7 Å². The zero-order valence-electron chi connectivity index (χ0n) is 15.6. The van der Waals surface area contributed by atoms with Gasteiger partial charge >= 0.3 is 5.97 Å². The molecule has 3 rings (SSSR count). The molecule has 0 aliphatic heterocycles. The van der Waals surface area contributed by atoms with Crippen LogP contribution in [0.25, 0.3) is 0 Å². The lowest BCUT2D eigenvalue weighted by Crippen LogP contribution is -2.15. The fourth-order valence-electron chi connectivity index (χ4n) is 2.45. The van der Waals surface area contributed by atoms with Gasteiger partial charge in [-0.15, -0.1) is 10.2 Å². The Labute approximate surface area is 162 Å². The van der Waals surface area contributed by atoms with Gasteiger partial charge in [-0.2, -0.15) is 0 Å². The van der Waals surface area contributed by atoms with Gasteiger partial charge in [-0.25, -0.2) is 4.79 Å². The molecule has 7 nitrogen and oxygen atoms in total. The number of esters is 1. The van der Waals surface area contributed by atoms with Crippen LogP contribution in [0.3, 0.4) is 0 Å². The van der Waals surface area contributed by atoms with Gasteiger partial charge in [-0.3, -0.25) is 4.79 Å². The van der Waals surface area contributed by atoms with E-state index < -0.39 is 5.97 Å². The molecule has 0 unspecified atom stereocenters. The van der Waals surface area contributed by atoms with Crippen molar-refractivity contribution >= 4 is 23.4 Å². The lowest BCUT2D eigenvalue weighted by molar-refractivity contribution is 0.0600. The second-order valence-corrected chi connectivity index (χ2v) is 6.17. The van der Waals surface area contributed by atoms with E-state index in [2.05, 4.69) is 25.6 Å². The van der Waals surface area contributed by atoms with Gasteiger partial charge in [0.2, 0.25) is 0 Å². The minimum atomic E-state index is -0.433. The van der Waals surface area contributed by atoms with E-state index in [4.69, 9.17) is 0 Å². The zero-order chi connectivity index (χ0) is 19.9. The normalized spacial score (nSPS) is 10.2. The van der Waals surface area contributed by atoms with Crippen LogP contribution in [0.4, 0.5) is 11.5 Å². The molecule has 2 N–H and O–H groups in total. The number of nitrogens with one attached hydrogen (secondary N) is 2. The number of amides is 1. The quantitative estimate of drug-likeness (QED) is 0.640. The van der Waals surface area contributed by atoms with E-state index in [9.17, 15) is 9.59 Å². The maximum Gasteiger partial charge on any atom is 0.337 e. The Morgan fingerprint density at radius 2 is 1.64 bits per heavy atom. The average molecular weight is 376 g/mol. The summed E-state index contributed by atoms with van der Waals surface area (Å²) in [5.41, 5.74) is 3.48. The second-order valence-electron chi connectivity index (χ2n) is 6.17. The van der Waals surface area contributed by atoms with Crippen molar-refractivity contribution in [1.29, 1.82) is 0 Å². The molecule has 1 amide bonds. The third-order valence-corrected chi connectivity index (χ3v) is 4.06. The molecule has 7 heteroatoms. The highest BCUT2D eigenvalue weighted by Crippen LogP contribution is 2.12. The van der Waals surface area contributed by atoms with Crippen LogP contribution in [-0.4, -0.2) is 29.2 Å². The van der Waals surface area contributed by atoms with Crippen molar-refractivity contribution in [3.8, 4) is 0 Å². The number of hydrogen-bond donors (Lipinski definition) is 2. The molecule has 3 aromatic rings. The van der Waals surface area contributed by atoms with Crippen LogP contribution in [0.2, 0.25) is 0 Å². The van der Waals surface area contributed by atoms with Crippen LogP contribution in [-0.2, 0) is 11.3 Å². The van der Waals surface area contributed by atoms with Crippen molar-refractivity contribution in [3.63, 3.8) is 0 Å². The minimum absolute atomic E-state index is 0.193. The summed E-state index contributed by atoms with van der Waals surface area (Å²) in [5, 5.41) is 13.9. The summed E-state index contributed by atoms with van der Waals surface area (Å²) in [7, 11) is 1.32. The van der Waals surface area contributed by atoms with E-state index >= 15 is 0 Å². The number of ether oxygens (including phenoxy) is 1. The Hall–Kier alpha value is -3.74. The second kappa shape index (κ2) is 8.77. The highest BCUT2D eigenvalue weighted by molar-refractivity contribution is 6.03. The Kier molecular flexibility index (Phi) is 5.96. The molecule has 0 radical (unpaired) electrons. The van der Waals surface area contributed by atoms with E-state index in [1.54, 1.807) is 36.4 Å². The summed E-state index contributed by atoms with van der Waals surface area (Å²) in [6.45, 7) is 2.66. The molecule has 28 heavy (non-hydrogen) atoms. The van der Waals surface area contributed by atoms with Gasteiger partial charge in [0.15, 0.2) is 5.69 Å². The predicted molar refractivity (Wildman–Crippen MR) is 106 cm³/mol. The molecule has 0 bridgehead atoms. The predicted octanol–water partition coefficient (Wildman–Crippen LogP) is 3.44. The van der Waals surface area contributed by atoms with Crippen LogP contribution in [0.5, 0.6) is 0 Å². The van der Waals surface area contributed by atoms with Gasteiger partial charge in [0.1, 0.15) is 5.82 Å². The lowest BCUT2D eigenvalue weighted by Gasteiger charge is -2.07. The first-order valence-corrected chi connectivity index (χ1v) is 8.68. The molecule has 0 atom stereocenters. The molecule has 0 aliphatic carbocycles. The summed E-state index contributed by atoms with van der Waals surface area (Å²) in [5.74, 6) is -0.236. The van der Waals surface area contributed by atoms with E-state index in [-0.39, 0.29) is 11.6 Å². The monoisotopic (exact) mass is 376 g/mol. The molecule has 2 aromatic carbocycles. The number of carbonyl (C=O) groups is 2. The maximum absolute atomic E-state index is 12.3.